The Morgan fingerprint density at radius 3 is 2.52 bits per heavy atom. The van der Waals surface area contributed by atoms with Crippen molar-refractivity contribution < 1.29 is 23.9 Å². The van der Waals surface area contributed by atoms with E-state index >= 15 is 0 Å². The molecule has 1 fully saturated rings. The fourth-order valence-corrected chi connectivity index (χ4v) is 3.58. The van der Waals surface area contributed by atoms with Gasteiger partial charge in [-0.25, -0.2) is 4.79 Å². The number of thioether (sulfide) groups is 1. The minimum Gasteiger partial charge on any atom is -0.493 e. The summed E-state index contributed by atoms with van der Waals surface area (Å²) in [6.45, 7) is 0. The van der Waals surface area contributed by atoms with Gasteiger partial charge >= 0.3 is 5.97 Å². The number of rotatable bonds is 4. The first-order valence-electron chi connectivity index (χ1n) is 7.47. The first-order chi connectivity index (χ1) is 12.9. The molecule has 0 aromatic heterocycles. The smallest absolute Gasteiger partial charge is 0.343 e. The standard InChI is InChI=1S/C18H11BrClNO5S/c1-25-13-7-9(8-14-16(22)21-18(24)27-14)6-12(19)15(13)26-17(23)10-2-4-11(20)5-3-10/h2-8H,1H3,(H,21,22,24)/b14-8-. The summed E-state index contributed by atoms with van der Waals surface area (Å²) in [6, 6.07) is 9.53. The second-order valence-electron chi connectivity index (χ2n) is 5.28. The predicted molar refractivity (Wildman–Crippen MR) is 106 cm³/mol. The monoisotopic (exact) mass is 467 g/mol. The molecular formula is C18H11BrClNO5S. The van der Waals surface area contributed by atoms with Gasteiger partial charge in [-0.05, 0) is 75.7 Å². The highest BCUT2D eigenvalue weighted by molar-refractivity contribution is 9.10. The maximum Gasteiger partial charge on any atom is 0.343 e. The van der Waals surface area contributed by atoms with Crippen molar-refractivity contribution >= 4 is 62.5 Å². The predicted octanol–water partition coefficient (Wildman–Crippen LogP) is 4.65. The van der Waals surface area contributed by atoms with Crippen LogP contribution < -0.4 is 14.8 Å². The average Bonchev–Trinajstić information content (AvgIpc) is 2.94. The van der Waals surface area contributed by atoms with Gasteiger partial charge in [-0.15, -0.1) is 0 Å². The van der Waals surface area contributed by atoms with Crippen molar-refractivity contribution in [3.8, 4) is 11.5 Å². The van der Waals surface area contributed by atoms with Crippen molar-refractivity contribution in [2.24, 2.45) is 0 Å². The molecule has 1 saturated heterocycles. The van der Waals surface area contributed by atoms with Gasteiger partial charge in [-0.2, -0.15) is 0 Å². The molecule has 0 unspecified atom stereocenters. The van der Waals surface area contributed by atoms with Crippen LogP contribution in [0.1, 0.15) is 15.9 Å². The lowest BCUT2D eigenvalue weighted by Gasteiger charge is -2.12. The molecule has 138 valence electrons. The van der Waals surface area contributed by atoms with E-state index < -0.39 is 17.1 Å². The number of hydrogen-bond donors (Lipinski definition) is 1. The summed E-state index contributed by atoms with van der Waals surface area (Å²) in [7, 11) is 1.43. The second kappa shape index (κ2) is 8.16. The molecule has 9 heteroatoms. The van der Waals surface area contributed by atoms with Crippen molar-refractivity contribution in [3.63, 3.8) is 0 Å². The van der Waals surface area contributed by atoms with Crippen molar-refractivity contribution in [3.05, 3.63) is 61.9 Å². The molecule has 0 bridgehead atoms. The van der Waals surface area contributed by atoms with Crippen LogP contribution in [0.2, 0.25) is 5.02 Å². The van der Waals surface area contributed by atoms with E-state index in [0.717, 1.165) is 11.8 Å². The number of methoxy groups -OCH3 is 1. The number of nitrogens with one attached hydrogen (secondary N) is 1. The van der Waals surface area contributed by atoms with Gasteiger partial charge < -0.3 is 9.47 Å². The molecule has 1 heterocycles. The first kappa shape index (κ1) is 19.5. The van der Waals surface area contributed by atoms with Gasteiger partial charge in [0, 0.05) is 5.02 Å². The van der Waals surface area contributed by atoms with Gasteiger partial charge in [-0.1, -0.05) is 11.6 Å². The number of benzene rings is 2. The highest BCUT2D eigenvalue weighted by Crippen LogP contribution is 2.38. The molecule has 0 radical (unpaired) electrons. The zero-order valence-corrected chi connectivity index (χ0v) is 16.9. The SMILES string of the molecule is COc1cc(/C=C2\SC(=O)NC2=O)cc(Br)c1OC(=O)c1ccc(Cl)cc1. The van der Waals surface area contributed by atoms with Crippen LogP contribution >= 0.6 is 39.3 Å². The average molecular weight is 469 g/mol. The van der Waals surface area contributed by atoms with E-state index in [2.05, 4.69) is 21.2 Å². The van der Waals surface area contributed by atoms with E-state index in [0.29, 0.717) is 20.6 Å². The summed E-state index contributed by atoms with van der Waals surface area (Å²) in [4.78, 5) is 35.5. The fourth-order valence-electron chi connectivity index (χ4n) is 2.23. The maximum absolute atomic E-state index is 12.3. The third kappa shape index (κ3) is 4.52. The Morgan fingerprint density at radius 2 is 1.93 bits per heavy atom. The molecule has 6 nitrogen and oxygen atoms in total. The van der Waals surface area contributed by atoms with Crippen LogP contribution in [0.4, 0.5) is 4.79 Å². The molecule has 0 atom stereocenters. The Morgan fingerprint density at radius 1 is 1.22 bits per heavy atom. The fraction of sp³-hybridized carbons (Fsp3) is 0.0556. The van der Waals surface area contributed by atoms with Crippen molar-refractivity contribution in [1.82, 2.24) is 5.32 Å². The number of esters is 1. The summed E-state index contributed by atoms with van der Waals surface area (Å²) in [6.07, 6.45) is 1.54. The number of carbonyl (C=O) groups is 3. The lowest BCUT2D eigenvalue weighted by molar-refractivity contribution is -0.115. The van der Waals surface area contributed by atoms with Crippen LogP contribution in [0.3, 0.4) is 0 Å². The number of ether oxygens (including phenoxy) is 2. The summed E-state index contributed by atoms with van der Waals surface area (Å²) in [5.74, 6) is -0.557. The molecule has 1 N–H and O–H groups in total. The number of imide groups is 1. The largest absolute Gasteiger partial charge is 0.493 e. The van der Waals surface area contributed by atoms with E-state index in [9.17, 15) is 14.4 Å². The van der Waals surface area contributed by atoms with Gasteiger partial charge in [0.1, 0.15) is 0 Å². The summed E-state index contributed by atoms with van der Waals surface area (Å²) >= 11 is 9.98. The van der Waals surface area contributed by atoms with E-state index in [4.69, 9.17) is 21.1 Å². The molecule has 2 aromatic rings. The van der Waals surface area contributed by atoms with Crippen molar-refractivity contribution in [2.75, 3.05) is 7.11 Å². The quantitative estimate of drug-likeness (QED) is 0.399. The van der Waals surface area contributed by atoms with Crippen LogP contribution in [0.15, 0.2) is 45.8 Å². The number of amides is 2. The molecule has 0 spiro atoms. The molecule has 2 aromatic carbocycles. The Bertz CT molecular complexity index is 974. The van der Waals surface area contributed by atoms with Crippen LogP contribution in [0, 0.1) is 0 Å². The van der Waals surface area contributed by atoms with Crippen molar-refractivity contribution in [2.45, 2.75) is 0 Å². The van der Waals surface area contributed by atoms with E-state index in [1.54, 1.807) is 42.5 Å². The molecule has 1 aliphatic heterocycles. The molecule has 1 aliphatic rings. The van der Waals surface area contributed by atoms with Crippen molar-refractivity contribution in [1.29, 1.82) is 0 Å². The highest BCUT2D eigenvalue weighted by Gasteiger charge is 2.25. The Balaban J connectivity index is 1.89. The lowest BCUT2D eigenvalue weighted by Crippen LogP contribution is -2.17. The minimum absolute atomic E-state index is 0.194. The van der Waals surface area contributed by atoms with Crippen LogP contribution in [0.25, 0.3) is 6.08 Å². The Labute approximate surface area is 172 Å². The topological polar surface area (TPSA) is 81.7 Å². The summed E-state index contributed by atoms with van der Waals surface area (Å²) in [5, 5.41) is 2.27. The van der Waals surface area contributed by atoms with Gasteiger partial charge in [0.05, 0.1) is 22.1 Å². The van der Waals surface area contributed by atoms with E-state index in [1.807, 2.05) is 0 Å². The van der Waals surface area contributed by atoms with Gasteiger partial charge in [-0.3, -0.25) is 14.9 Å². The number of hydrogen-bond acceptors (Lipinski definition) is 6. The van der Waals surface area contributed by atoms with Gasteiger partial charge in [0.15, 0.2) is 11.5 Å². The first-order valence-corrected chi connectivity index (χ1v) is 9.46. The van der Waals surface area contributed by atoms with Crippen LogP contribution in [0.5, 0.6) is 11.5 Å². The van der Waals surface area contributed by atoms with E-state index in [1.165, 1.54) is 7.11 Å². The zero-order chi connectivity index (χ0) is 19.6. The van der Waals surface area contributed by atoms with Crippen LogP contribution in [-0.2, 0) is 4.79 Å². The summed E-state index contributed by atoms with van der Waals surface area (Å²) in [5.41, 5.74) is 0.925. The normalized spacial score (nSPS) is 15.0. The zero-order valence-electron chi connectivity index (χ0n) is 13.7. The molecule has 0 aliphatic carbocycles. The van der Waals surface area contributed by atoms with Gasteiger partial charge in [0.25, 0.3) is 11.1 Å². The lowest BCUT2D eigenvalue weighted by atomic mass is 10.1. The summed E-state index contributed by atoms with van der Waals surface area (Å²) < 4.78 is 11.2. The highest BCUT2D eigenvalue weighted by atomic mass is 79.9. The Hall–Kier alpha value is -2.29. The molecule has 3 rings (SSSR count). The molecule has 27 heavy (non-hydrogen) atoms. The molecule has 2 amide bonds. The second-order valence-corrected chi connectivity index (χ2v) is 7.59. The molecule has 0 saturated carbocycles. The minimum atomic E-state index is -0.576. The van der Waals surface area contributed by atoms with Crippen LogP contribution in [-0.4, -0.2) is 24.2 Å². The third-order valence-electron chi connectivity index (χ3n) is 3.47. The maximum atomic E-state index is 12.3. The number of halogens is 2. The molecular weight excluding hydrogens is 458 g/mol. The van der Waals surface area contributed by atoms with Gasteiger partial charge in [0.2, 0.25) is 0 Å². The third-order valence-corrected chi connectivity index (χ3v) is 5.12. The number of carbonyl (C=O) groups excluding carboxylic acids is 3. The van der Waals surface area contributed by atoms with E-state index in [-0.39, 0.29) is 16.4 Å². The Kier molecular flexibility index (Phi) is 5.88.